The molecular weight excluding hydrogens is 228 g/mol. The molecule has 0 fully saturated rings. The molecule has 0 heterocycles. The Bertz CT molecular complexity index is 588. The van der Waals surface area contributed by atoms with Crippen LogP contribution in [0.3, 0.4) is 0 Å². The summed E-state index contributed by atoms with van der Waals surface area (Å²) in [5.74, 6) is -0.169. The van der Waals surface area contributed by atoms with Gasteiger partial charge >= 0.3 is 5.97 Å². The fourth-order valence-electron chi connectivity index (χ4n) is 1.80. The van der Waals surface area contributed by atoms with Crippen molar-refractivity contribution in [1.29, 1.82) is 0 Å². The minimum absolute atomic E-state index is 0.215. The molecule has 0 spiro atoms. The SMILES string of the molecule is COC(=O)c1ccccc1-c1ccc(C)c(O)c1. The van der Waals surface area contributed by atoms with Crippen molar-refractivity contribution >= 4 is 5.97 Å². The molecule has 92 valence electrons. The van der Waals surface area contributed by atoms with E-state index < -0.39 is 0 Å². The Hall–Kier alpha value is -2.29. The standard InChI is InChI=1S/C15H14O3/c1-10-7-8-11(9-14(10)16)12-5-3-4-6-13(12)15(17)18-2/h3-9,16H,1-2H3. The number of phenols is 1. The molecule has 0 unspecified atom stereocenters. The molecule has 18 heavy (non-hydrogen) atoms. The average Bonchev–Trinajstić information content (AvgIpc) is 2.41. The largest absolute Gasteiger partial charge is 0.508 e. The monoisotopic (exact) mass is 242 g/mol. The Morgan fingerprint density at radius 1 is 1.17 bits per heavy atom. The molecule has 0 atom stereocenters. The number of hydrogen-bond acceptors (Lipinski definition) is 3. The maximum atomic E-state index is 11.7. The second-order valence-electron chi connectivity index (χ2n) is 4.04. The second-order valence-corrected chi connectivity index (χ2v) is 4.04. The van der Waals surface area contributed by atoms with Crippen LogP contribution in [0.1, 0.15) is 15.9 Å². The van der Waals surface area contributed by atoms with Gasteiger partial charge in [0.15, 0.2) is 0 Å². The Morgan fingerprint density at radius 3 is 2.56 bits per heavy atom. The van der Waals surface area contributed by atoms with Gasteiger partial charge in [0.25, 0.3) is 0 Å². The number of benzene rings is 2. The van der Waals surface area contributed by atoms with Gasteiger partial charge in [-0.05, 0) is 35.7 Å². The number of aromatic hydroxyl groups is 1. The fraction of sp³-hybridized carbons (Fsp3) is 0.133. The van der Waals surface area contributed by atoms with Crippen molar-refractivity contribution < 1.29 is 14.6 Å². The van der Waals surface area contributed by atoms with Crippen LogP contribution in [0, 0.1) is 6.92 Å². The summed E-state index contributed by atoms with van der Waals surface area (Å²) in [4.78, 5) is 11.7. The summed E-state index contributed by atoms with van der Waals surface area (Å²) in [7, 11) is 1.35. The average molecular weight is 242 g/mol. The molecular formula is C15H14O3. The zero-order valence-corrected chi connectivity index (χ0v) is 10.3. The molecule has 2 aromatic rings. The van der Waals surface area contributed by atoms with Crippen LogP contribution in [0.5, 0.6) is 5.75 Å². The summed E-state index contributed by atoms with van der Waals surface area (Å²) in [6.07, 6.45) is 0. The highest BCUT2D eigenvalue weighted by Gasteiger charge is 2.12. The number of hydrogen-bond donors (Lipinski definition) is 1. The lowest BCUT2D eigenvalue weighted by molar-refractivity contribution is 0.0601. The van der Waals surface area contributed by atoms with Crippen molar-refractivity contribution in [2.75, 3.05) is 7.11 Å². The first-order valence-electron chi connectivity index (χ1n) is 5.61. The van der Waals surface area contributed by atoms with Gasteiger partial charge in [-0.3, -0.25) is 0 Å². The zero-order chi connectivity index (χ0) is 13.1. The van der Waals surface area contributed by atoms with Crippen molar-refractivity contribution in [1.82, 2.24) is 0 Å². The van der Waals surface area contributed by atoms with E-state index in [0.29, 0.717) is 5.56 Å². The number of ether oxygens (including phenoxy) is 1. The number of carbonyl (C=O) groups excluding carboxylic acids is 1. The van der Waals surface area contributed by atoms with E-state index in [1.165, 1.54) is 7.11 Å². The van der Waals surface area contributed by atoms with E-state index in [0.717, 1.165) is 16.7 Å². The van der Waals surface area contributed by atoms with Crippen LogP contribution in [0.25, 0.3) is 11.1 Å². The van der Waals surface area contributed by atoms with E-state index in [1.807, 2.05) is 31.2 Å². The van der Waals surface area contributed by atoms with Gasteiger partial charge in [0.05, 0.1) is 12.7 Å². The van der Waals surface area contributed by atoms with Crippen molar-refractivity contribution in [2.45, 2.75) is 6.92 Å². The molecule has 2 rings (SSSR count). The van der Waals surface area contributed by atoms with E-state index in [9.17, 15) is 9.90 Å². The predicted octanol–water partition coefficient (Wildman–Crippen LogP) is 3.15. The van der Waals surface area contributed by atoms with Crippen molar-refractivity contribution in [2.24, 2.45) is 0 Å². The molecule has 2 aromatic carbocycles. The normalized spacial score (nSPS) is 10.1. The van der Waals surface area contributed by atoms with Crippen LogP contribution >= 0.6 is 0 Å². The van der Waals surface area contributed by atoms with Crippen molar-refractivity contribution in [3.05, 3.63) is 53.6 Å². The lowest BCUT2D eigenvalue weighted by Crippen LogP contribution is -2.03. The quantitative estimate of drug-likeness (QED) is 0.823. The molecule has 0 bridgehead atoms. The number of carbonyl (C=O) groups is 1. The van der Waals surface area contributed by atoms with E-state index in [1.54, 1.807) is 18.2 Å². The van der Waals surface area contributed by atoms with Crippen molar-refractivity contribution in [3.8, 4) is 16.9 Å². The number of esters is 1. The Labute approximate surface area is 106 Å². The minimum Gasteiger partial charge on any atom is -0.508 e. The predicted molar refractivity (Wildman–Crippen MR) is 69.6 cm³/mol. The maximum Gasteiger partial charge on any atom is 0.338 e. The molecule has 0 aliphatic heterocycles. The molecule has 0 aliphatic carbocycles. The van der Waals surface area contributed by atoms with Crippen LogP contribution in [0.15, 0.2) is 42.5 Å². The molecule has 0 aromatic heterocycles. The van der Waals surface area contributed by atoms with Gasteiger partial charge in [-0.25, -0.2) is 4.79 Å². The summed E-state index contributed by atoms with van der Waals surface area (Å²) in [5, 5.41) is 9.73. The van der Waals surface area contributed by atoms with Gasteiger partial charge in [0.2, 0.25) is 0 Å². The van der Waals surface area contributed by atoms with Gasteiger partial charge in [-0.15, -0.1) is 0 Å². The first-order chi connectivity index (χ1) is 8.63. The molecule has 1 N–H and O–H groups in total. The summed E-state index contributed by atoms with van der Waals surface area (Å²) in [6.45, 7) is 1.82. The van der Waals surface area contributed by atoms with E-state index >= 15 is 0 Å². The number of phenolic OH excluding ortho intramolecular Hbond substituents is 1. The van der Waals surface area contributed by atoms with Crippen LogP contribution < -0.4 is 0 Å². The Morgan fingerprint density at radius 2 is 1.89 bits per heavy atom. The first kappa shape index (κ1) is 12.2. The van der Waals surface area contributed by atoms with Gasteiger partial charge < -0.3 is 9.84 Å². The van der Waals surface area contributed by atoms with Gasteiger partial charge in [0, 0.05) is 0 Å². The van der Waals surface area contributed by atoms with Crippen LogP contribution in [0.4, 0.5) is 0 Å². The van der Waals surface area contributed by atoms with Gasteiger partial charge in [-0.2, -0.15) is 0 Å². The lowest BCUT2D eigenvalue weighted by Gasteiger charge is -2.09. The molecule has 3 nitrogen and oxygen atoms in total. The third-order valence-electron chi connectivity index (χ3n) is 2.85. The topological polar surface area (TPSA) is 46.5 Å². The number of aryl methyl sites for hydroxylation is 1. The van der Waals surface area contributed by atoms with Crippen LogP contribution in [-0.4, -0.2) is 18.2 Å². The summed E-state index contributed by atoms with van der Waals surface area (Å²) in [5.41, 5.74) is 2.83. The second kappa shape index (κ2) is 4.92. The first-order valence-corrected chi connectivity index (χ1v) is 5.61. The molecule has 0 radical (unpaired) electrons. The summed E-state index contributed by atoms with van der Waals surface area (Å²) in [6, 6.07) is 12.5. The Balaban J connectivity index is 2.56. The number of methoxy groups -OCH3 is 1. The maximum absolute atomic E-state index is 11.7. The van der Waals surface area contributed by atoms with E-state index in [2.05, 4.69) is 0 Å². The van der Waals surface area contributed by atoms with E-state index in [4.69, 9.17) is 4.74 Å². The molecule has 0 saturated carbocycles. The minimum atomic E-state index is -0.384. The zero-order valence-electron chi connectivity index (χ0n) is 10.3. The molecule has 0 aliphatic rings. The van der Waals surface area contributed by atoms with Crippen LogP contribution in [0.2, 0.25) is 0 Å². The Kier molecular flexibility index (Phi) is 3.33. The third kappa shape index (κ3) is 2.20. The molecule has 3 heteroatoms. The highest BCUT2D eigenvalue weighted by molar-refractivity contribution is 5.97. The van der Waals surface area contributed by atoms with E-state index in [-0.39, 0.29) is 11.7 Å². The van der Waals surface area contributed by atoms with Crippen molar-refractivity contribution in [3.63, 3.8) is 0 Å². The van der Waals surface area contributed by atoms with Gasteiger partial charge in [0.1, 0.15) is 5.75 Å². The molecule has 0 saturated heterocycles. The highest BCUT2D eigenvalue weighted by Crippen LogP contribution is 2.28. The molecule has 0 amide bonds. The smallest absolute Gasteiger partial charge is 0.338 e. The number of rotatable bonds is 2. The highest BCUT2D eigenvalue weighted by atomic mass is 16.5. The fourth-order valence-corrected chi connectivity index (χ4v) is 1.80. The summed E-state index contributed by atoms with van der Waals surface area (Å²) >= 11 is 0. The van der Waals surface area contributed by atoms with Gasteiger partial charge in [-0.1, -0.05) is 30.3 Å². The lowest BCUT2D eigenvalue weighted by atomic mass is 9.98. The summed E-state index contributed by atoms with van der Waals surface area (Å²) < 4.78 is 4.75. The third-order valence-corrected chi connectivity index (χ3v) is 2.85. The van der Waals surface area contributed by atoms with Crippen LogP contribution in [-0.2, 0) is 4.74 Å².